The highest BCUT2D eigenvalue weighted by Gasteiger charge is 2.28. The fraction of sp³-hybridized carbons (Fsp3) is 0.500. The molecular weight excluding hydrogens is 194 g/mol. The molecule has 1 heterocycles. The van der Waals surface area contributed by atoms with E-state index in [0.717, 1.165) is 0 Å². The molecule has 1 aliphatic rings. The largest absolute Gasteiger partial charge is 0.621 e. The van der Waals surface area contributed by atoms with Gasteiger partial charge in [-0.15, -0.1) is 0 Å². The summed E-state index contributed by atoms with van der Waals surface area (Å²) in [7, 11) is 6.63. The van der Waals surface area contributed by atoms with Crippen LogP contribution in [0.4, 0.5) is 0 Å². The van der Waals surface area contributed by atoms with Gasteiger partial charge in [-0.1, -0.05) is 6.08 Å². The Labute approximate surface area is 90.1 Å². The molecule has 0 saturated heterocycles. The van der Waals surface area contributed by atoms with E-state index in [9.17, 15) is 5.21 Å². The molecule has 0 saturated carbocycles. The number of dihydropyridines is 1. The van der Waals surface area contributed by atoms with Crippen molar-refractivity contribution in [3.63, 3.8) is 0 Å². The van der Waals surface area contributed by atoms with Crippen LogP contribution in [0.15, 0.2) is 24.4 Å². The topological polar surface area (TPSA) is 47.3 Å². The molecule has 0 fully saturated rings. The molecule has 0 spiro atoms. The summed E-state index contributed by atoms with van der Waals surface area (Å²) in [5.41, 5.74) is 0. The molecule has 15 heavy (non-hydrogen) atoms. The van der Waals surface area contributed by atoms with Gasteiger partial charge in [0.25, 0.3) is 0 Å². The van der Waals surface area contributed by atoms with Gasteiger partial charge in [-0.25, -0.2) is 4.65 Å². The Kier molecular flexibility index (Phi) is 3.49. The zero-order valence-corrected chi connectivity index (χ0v) is 9.60. The van der Waals surface area contributed by atoms with Crippen molar-refractivity contribution in [3.8, 4) is 0 Å². The first kappa shape index (κ1) is 11.7. The minimum absolute atomic E-state index is 0.279. The Morgan fingerprint density at radius 1 is 1.40 bits per heavy atom. The third-order valence-corrected chi connectivity index (χ3v) is 1.83. The molecular formula is C10H18N3O2+. The Morgan fingerprint density at radius 2 is 2.07 bits per heavy atom. The van der Waals surface area contributed by atoms with Crippen molar-refractivity contribution in [3.05, 3.63) is 29.6 Å². The Balaban J connectivity index is 2.74. The van der Waals surface area contributed by atoms with Crippen LogP contribution in [0.25, 0.3) is 0 Å². The summed E-state index contributed by atoms with van der Waals surface area (Å²) in [6, 6.07) is 0.354. The summed E-state index contributed by atoms with van der Waals surface area (Å²) in [4.78, 5) is 0. The molecule has 0 aliphatic carbocycles. The number of rotatable bonds is 1. The van der Waals surface area contributed by atoms with E-state index in [2.05, 4.69) is 5.32 Å². The van der Waals surface area contributed by atoms with E-state index in [0.29, 0.717) is 6.02 Å². The van der Waals surface area contributed by atoms with Gasteiger partial charge in [0.1, 0.15) is 14.1 Å². The highest BCUT2D eigenvalue weighted by atomic mass is 16.6. The average Bonchev–Trinajstić information content (AvgIpc) is 2.13. The lowest BCUT2D eigenvalue weighted by molar-refractivity contribution is -0.788. The SMILES string of the molecule is C[N+](C)=C(OC1C=CC=CN1)[N+](C)(C)[O-]. The summed E-state index contributed by atoms with van der Waals surface area (Å²) in [6.45, 7) is 0. The van der Waals surface area contributed by atoms with Gasteiger partial charge in [0.05, 0.1) is 14.1 Å². The molecule has 1 rings (SSSR count). The zero-order valence-electron chi connectivity index (χ0n) is 9.60. The number of nitrogens with zero attached hydrogens (tertiary/aromatic N) is 2. The molecule has 5 nitrogen and oxygen atoms in total. The average molecular weight is 212 g/mol. The van der Waals surface area contributed by atoms with Crippen LogP contribution in [0.3, 0.4) is 0 Å². The van der Waals surface area contributed by atoms with Crippen molar-refractivity contribution >= 4 is 6.02 Å². The second kappa shape index (κ2) is 4.46. The number of ether oxygens (including phenoxy) is 1. The molecule has 0 aromatic heterocycles. The van der Waals surface area contributed by atoms with Gasteiger partial charge in [-0.05, 0) is 18.4 Å². The standard InChI is InChI=1S/C10H18N3O2/c1-12(2)10(13(3,4)14)15-9-7-5-6-8-11-9/h5-9,11H,1-4H3/q+1. The maximum absolute atomic E-state index is 11.8. The maximum Gasteiger partial charge on any atom is 0.547 e. The summed E-state index contributed by atoms with van der Waals surface area (Å²) in [5.74, 6) is 0. The number of allylic oxidation sites excluding steroid dienone is 2. The predicted molar refractivity (Wildman–Crippen MR) is 58.9 cm³/mol. The van der Waals surface area contributed by atoms with Crippen LogP contribution >= 0.6 is 0 Å². The van der Waals surface area contributed by atoms with E-state index in [-0.39, 0.29) is 6.23 Å². The van der Waals surface area contributed by atoms with E-state index in [1.54, 1.807) is 24.9 Å². The Hall–Kier alpha value is -1.33. The van der Waals surface area contributed by atoms with Crippen LogP contribution in [0.1, 0.15) is 0 Å². The normalized spacial score (nSPS) is 19.7. The summed E-state index contributed by atoms with van der Waals surface area (Å²) >= 11 is 0. The fourth-order valence-corrected chi connectivity index (χ4v) is 1.33. The summed E-state index contributed by atoms with van der Waals surface area (Å²) < 4.78 is 6.66. The van der Waals surface area contributed by atoms with Crippen LogP contribution in [0, 0.1) is 5.21 Å². The Bertz CT molecular complexity index is 309. The van der Waals surface area contributed by atoms with Gasteiger partial charge < -0.3 is 15.3 Å². The fourth-order valence-electron chi connectivity index (χ4n) is 1.33. The first-order valence-corrected chi connectivity index (χ1v) is 4.77. The van der Waals surface area contributed by atoms with Crippen LogP contribution in [-0.2, 0) is 4.74 Å². The minimum Gasteiger partial charge on any atom is -0.621 e. The molecule has 1 aliphatic heterocycles. The molecule has 84 valence electrons. The Morgan fingerprint density at radius 3 is 2.47 bits per heavy atom. The number of amidine groups is 1. The van der Waals surface area contributed by atoms with Crippen molar-refractivity contribution in [1.29, 1.82) is 0 Å². The van der Waals surface area contributed by atoms with Crippen LogP contribution in [0.5, 0.6) is 0 Å². The minimum atomic E-state index is -0.595. The van der Waals surface area contributed by atoms with Crippen molar-refractivity contribution in [2.45, 2.75) is 6.23 Å². The third kappa shape index (κ3) is 3.38. The van der Waals surface area contributed by atoms with Gasteiger partial charge in [-0.3, -0.25) is 0 Å². The van der Waals surface area contributed by atoms with E-state index in [1.165, 1.54) is 14.1 Å². The molecule has 0 amide bonds. The van der Waals surface area contributed by atoms with Gasteiger partial charge in [0.15, 0.2) is 0 Å². The lowest BCUT2D eigenvalue weighted by Gasteiger charge is -2.30. The number of hydroxylamine groups is 3. The molecule has 0 radical (unpaired) electrons. The van der Waals surface area contributed by atoms with E-state index >= 15 is 0 Å². The van der Waals surface area contributed by atoms with Gasteiger partial charge in [-0.2, -0.15) is 4.58 Å². The molecule has 0 aromatic rings. The lowest BCUT2D eigenvalue weighted by atomic mass is 10.4. The quantitative estimate of drug-likeness (QED) is 0.222. The smallest absolute Gasteiger partial charge is 0.547 e. The van der Waals surface area contributed by atoms with Crippen molar-refractivity contribution in [1.82, 2.24) is 5.32 Å². The highest BCUT2D eigenvalue weighted by Crippen LogP contribution is 2.04. The molecule has 1 unspecified atom stereocenters. The molecule has 5 heteroatoms. The van der Waals surface area contributed by atoms with Crippen LogP contribution in [0.2, 0.25) is 0 Å². The predicted octanol–water partition coefficient (Wildman–Crippen LogP) is 0.204. The highest BCUT2D eigenvalue weighted by molar-refractivity contribution is 5.61. The second-order valence-corrected chi connectivity index (χ2v) is 3.98. The monoisotopic (exact) mass is 212 g/mol. The summed E-state index contributed by atoms with van der Waals surface area (Å²) in [6.07, 6.45) is 7.09. The van der Waals surface area contributed by atoms with E-state index in [4.69, 9.17) is 4.74 Å². The van der Waals surface area contributed by atoms with E-state index in [1.807, 2.05) is 18.2 Å². The van der Waals surface area contributed by atoms with Crippen LogP contribution < -0.4 is 5.32 Å². The van der Waals surface area contributed by atoms with Crippen molar-refractivity contribution in [2.24, 2.45) is 0 Å². The molecule has 1 atom stereocenters. The number of hydrogen-bond donors (Lipinski definition) is 1. The maximum atomic E-state index is 11.8. The van der Waals surface area contributed by atoms with E-state index < -0.39 is 4.65 Å². The lowest BCUT2D eigenvalue weighted by Crippen LogP contribution is -2.48. The number of hydrogen-bond acceptors (Lipinski definition) is 3. The van der Waals surface area contributed by atoms with Gasteiger partial charge in [0.2, 0.25) is 6.23 Å². The molecule has 0 aromatic carbocycles. The van der Waals surface area contributed by atoms with Crippen LogP contribution in [-0.4, -0.2) is 49.7 Å². The van der Waals surface area contributed by atoms with Gasteiger partial charge in [0, 0.05) is 0 Å². The first-order valence-electron chi connectivity index (χ1n) is 4.77. The number of nitrogens with one attached hydrogen (secondary N) is 1. The summed E-state index contributed by atoms with van der Waals surface area (Å²) in [5, 5.41) is 14.8. The third-order valence-electron chi connectivity index (χ3n) is 1.83. The van der Waals surface area contributed by atoms with Crippen molar-refractivity contribution in [2.75, 3.05) is 28.2 Å². The number of quaternary nitrogens is 1. The van der Waals surface area contributed by atoms with Gasteiger partial charge >= 0.3 is 6.02 Å². The zero-order chi connectivity index (χ0) is 11.5. The van der Waals surface area contributed by atoms with Crippen molar-refractivity contribution < 1.29 is 14.0 Å². The molecule has 1 N–H and O–H groups in total. The molecule has 0 bridgehead atoms. The first-order chi connectivity index (χ1) is 6.91. The second-order valence-electron chi connectivity index (χ2n) is 3.98.